The van der Waals surface area contributed by atoms with Crippen LogP contribution in [0.5, 0.6) is 0 Å². The largest absolute Gasteiger partial charge is 0.378 e. The van der Waals surface area contributed by atoms with Gasteiger partial charge in [0.05, 0.1) is 29.5 Å². The second kappa shape index (κ2) is 8.52. The molecule has 0 aliphatic carbocycles. The SMILES string of the molecule is Cc1nc(N2CCOCC2)ccc1Nc1ccc(C(=O)c2nccn2C)cc1[N+](=O)[O-]. The van der Waals surface area contributed by atoms with E-state index >= 15 is 0 Å². The summed E-state index contributed by atoms with van der Waals surface area (Å²) in [5.74, 6) is 0.681. The lowest BCUT2D eigenvalue weighted by Gasteiger charge is -2.28. The van der Waals surface area contributed by atoms with Gasteiger partial charge in [0.1, 0.15) is 11.5 Å². The van der Waals surface area contributed by atoms with Gasteiger partial charge in [-0.25, -0.2) is 9.97 Å². The van der Waals surface area contributed by atoms with Gasteiger partial charge in [-0.3, -0.25) is 14.9 Å². The van der Waals surface area contributed by atoms with E-state index in [4.69, 9.17) is 4.74 Å². The number of hydrogen-bond donors (Lipinski definition) is 1. The molecule has 1 aliphatic rings. The highest BCUT2D eigenvalue weighted by Crippen LogP contribution is 2.31. The lowest BCUT2D eigenvalue weighted by atomic mass is 10.1. The maximum atomic E-state index is 12.7. The number of morpholine rings is 1. The number of pyridine rings is 1. The first-order chi connectivity index (χ1) is 14.9. The van der Waals surface area contributed by atoms with E-state index in [9.17, 15) is 14.9 Å². The molecule has 0 radical (unpaired) electrons. The molecule has 0 atom stereocenters. The lowest BCUT2D eigenvalue weighted by Crippen LogP contribution is -2.36. The van der Waals surface area contributed by atoms with Crippen LogP contribution in [-0.4, -0.2) is 51.5 Å². The standard InChI is InChI=1S/C21H22N6O4/c1-14-16(5-6-19(23-14)26-9-11-31-12-10-26)24-17-4-3-15(13-18(17)27(29)30)20(28)21-22-7-8-25(21)2/h3-8,13,24H,9-12H2,1-2H3. The number of anilines is 3. The molecule has 1 N–H and O–H groups in total. The molecule has 160 valence electrons. The van der Waals surface area contributed by atoms with E-state index < -0.39 is 4.92 Å². The first kappa shape index (κ1) is 20.5. The van der Waals surface area contributed by atoms with Gasteiger partial charge in [0.2, 0.25) is 5.78 Å². The van der Waals surface area contributed by atoms with Crippen molar-refractivity contribution in [1.82, 2.24) is 14.5 Å². The van der Waals surface area contributed by atoms with Gasteiger partial charge in [-0.1, -0.05) is 0 Å². The van der Waals surface area contributed by atoms with Gasteiger partial charge in [-0.2, -0.15) is 0 Å². The average Bonchev–Trinajstić information content (AvgIpc) is 3.21. The van der Waals surface area contributed by atoms with Crippen LogP contribution in [-0.2, 0) is 11.8 Å². The Morgan fingerprint density at radius 2 is 1.94 bits per heavy atom. The number of carbonyl (C=O) groups excluding carboxylic acids is 1. The Bertz CT molecular complexity index is 1140. The second-order valence-electron chi connectivity index (χ2n) is 7.21. The first-order valence-corrected chi connectivity index (χ1v) is 9.82. The average molecular weight is 422 g/mol. The zero-order valence-corrected chi connectivity index (χ0v) is 17.2. The molecule has 0 unspecified atom stereocenters. The van der Waals surface area contributed by atoms with E-state index in [2.05, 4.69) is 20.2 Å². The molecule has 0 spiro atoms. The van der Waals surface area contributed by atoms with Crippen molar-refractivity contribution in [2.75, 3.05) is 36.5 Å². The van der Waals surface area contributed by atoms with Crippen molar-refractivity contribution in [2.45, 2.75) is 6.92 Å². The molecule has 31 heavy (non-hydrogen) atoms. The molecule has 3 aromatic rings. The third-order valence-electron chi connectivity index (χ3n) is 5.16. The minimum Gasteiger partial charge on any atom is -0.378 e. The summed E-state index contributed by atoms with van der Waals surface area (Å²) in [5, 5.41) is 14.8. The van der Waals surface area contributed by atoms with Crippen LogP contribution in [0.25, 0.3) is 0 Å². The van der Waals surface area contributed by atoms with Gasteiger partial charge in [-0.05, 0) is 31.2 Å². The van der Waals surface area contributed by atoms with Crippen molar-refractivity contribution in [3.05, 3.63) is 69.9 Å². The van der Waals surface area contributed by atoms with Crippen LogP contribution in [0.4, 0.5) is 22.9 Å². The first-order valence-electron chi connectivity index (χ1n) is 9.82. The van der Waals surface area contributed by atoms with Crippen LogP contribution in [0.15, 0.2) is 42.7 Å². The van der Waals surface area contributed by atoms with Gasteiger partial charge >= 0.3 is 0 Å². The van der Waals surface area contributed by atoms with Crippen LogP contribution in [0, 0.1) is 17.0 Å². The molecule has 10 nitrogen and oxygen atoms in total. The van der Waals surface area contributed by atoms with Crippen molar-refractivity contribution in [3.63, 3.8) is 0 Å². The van der Waals surface area contributed by atoms with Gasteiger partial charge in [0.15, 0.2) is 5.82 Å². The van der Waals surface area contributed by atoms with E-state index in [1.54, 1.807) is 23.9 Å². The van der Waals surface area contributed by atoms with Crippen LogP contribution in [0.2, 0.25) is 0 Å². The summed E-state index contributed by atoms with van der Waals surface area (Å²) in [6.45, 7) is 4.72. The second-order valence-corrected chi connectivity index (χ2v) is 7.21. The fourth-order valence-electron chi connectivity index (χ4n) is 3.44. The summed E-state index contributed by atoms with van der Waals surface area (Å²) >= 11 is 0. The maximum Gasteiger partial charge on any atom is 0.293 e. The highest BCUT2D eigenvalue weighted by molar-refractivity contribution is 6.07. The number of hydrogen-bond acceptors (Lipinski definition) is 8. The smallest absolute Gasteiger partial charge is 0.293 e. The van der Waals surface area contributed by atoms with E-state index in [1.807, 2.05) is 19.1 Å². The molecule has 0 saturated carbocycles. The van der Waals surface area contributed by atoms with Crippen LogP contribution >= 0.6 is 0 Å². The summed E-state index contributed by atoms with van der Waals surface area (Å²) in [6, 6.07) is 8.08. The number of carbonyl (C=O) groups is 1. The maximum absolute atomic E-state index is 12.7. The molecule has 2 aromatic heterocycles. The molecular weight excluding hydrogens is 400 g/mol. The van der Waals surface area contributed by atoms with Gasteiger partial charge in [0.25, 0.3) is 5.69 Å². The lowest BCUT2D eigenvalue weighted by molar-refractivity contribution is -0.383. The fraction of sp³-hybridized carbons (Fsp3) is 0.286. The highest BCUT2D eigenvalue weighted by atomic mass is 16.6. The van der Waals surface area contributed by atoms with E-state index in [0.717, 1.165) is 18.9 Å². The van der Waals surface area contributed by atoms with Crippen molar-refractivity contribution in [1.29, 1.82) is 0 Å². The van der Waals surface area contributed by atoms with Gasteiger partial charge in [-0.15, -0.1) is 0 Å². The molecule has 10 heteroatoms. The van der Waals surface area contributed by atoms with Crippen molar-refractivity contribution >= 4 is 28.7 Å². The number of nitro benzene ring substituents is 1. The van der Waals surface area contributed by atoms with Gasteiger partial charge in [0, 0.05) is 44.2 Å². The Morgan fingerprint density at radius 3 is 2.58 bits per heavy atom. The van der Waals surface area contributed by atoms with E-state index in [-0.39, 0.29) is 28.5 Å². The monoisotopic (exact) mass is 422 g/mol. The molecule has 0 amide bonds. The molecule has 1 saturated heterocycles. The van der Waals surface area contributed by atoms with Crippen molar-refractivity contribution < 1.29 is 14.5 Å². The Balaban J connectivity index is 1.60. The number of aromatic nitrogens is 3. The third kappa shape index (κ3) is 4.24. The number of nitrogens with one attached hydrogen (secondary N) is 1. The van der Waals surface area contributed by atoms with Crippen molar-refractivity contribution in [3.8, 4) is 0 Å². The number of ether oxygens (including phenoxy) is 1. The fourth-order valence-corrected chi connectivity index (χ4v) is 3.44. The van der Waals surface area contributed by atoms with Crippen molar-refractivity contribution in [2.24, 2.45) is 7.05 Å². The summed E-state index contributed by atoms with van der Waals surface area (Å²) in [5.41, 5.74) is 1.65. The minimum atomic E-state index is -0.512. The summed E-state index contributed by atoms with van der Waals surface area (Å²) in [7, 11) is 1.70. The molecular formula is C21H22N6O4. The molecule has 1 aliphatic heterocycles. The number of imidazole rings is 1. The number of aryl methyl sites for hydroxylation is 2. The van der Waals surface area contributed by atoms with Crippen LogP contribution < -0.4 is 10.2 Å². The highest BCUT2D eigenvalue weighted by Gasteiger charge is 2.21. The third-order valence-corrected chi connectivity index (χ3v) is 5.16. The summed E-state index contributed by atoms with van der Waals surface area (Å²) in [4.78, 5) is 34.6. The number of rotatable bonds is 6. The quantitative estimate of drug-likeness (QED) is 0.366. The van der Waals surface area contributed by atoms with Crippen LogP contribution in [0.1, 0.15) is 21.9 Å². The summed E-state index contributed by atoms with van der Waals surface area (Å²) in [6.07, 6.45) is 3.15. The topological polar surface area (TPSA) is 115 Å². The molecule has 1 aromatic carbocycles. The zero-order chi connectivity index (χ0) is 22.0. The number of nitrogens with zero attached hydrogens (tertiary/aromatic N) is 5. The molecule has 0 bridgehead atoms. The molecule has 4 rings (SSSR count). The van der Waals surface area contributed by atoms with Crippen LogP contribution in [0.3, 0.4) is 0 Å². The van der Waals surface area contributed by atoms with Gasteiger partial charge < -0.3 is 19.5 Å². The Kier molecular flexibility index (Phi) is 5.63. The number of benzene rings is 1. The van der Waals surface area contributed by atoms with E-state index in [1.165, 1.54) is 18.3 Å². The number of nitro groups is 1. The number of ketones is 1. The Labute approximate surface area is 178 Å². The minimum absolute atomic E-state index is 0.197. The predicted octanol–water partition coefficient (Wildman–Crippen LogP) is 2.84. The zero-order valence-electron chi connectivity index (χ0n) is 17.2. The Hall–Kier alpha value is -3.79. The summed E-state index contributed by atoms with van der Waals surface area (Å²) < 4.78 is 6.95. The molecule has 3 heterocycles. The van der Waals surface area contributed by atoms with E-state index in [0.29, 0.717) is 24.6 Å². The normalized spacial score (nSPS) is 13.8. The molecule has 1 fully saturated rings. The predicted molar refractivity (Wildman–Crippen MR) is 115 cm³/mol. The Morgan fingerprint density at radius 1 is 1.19 bits per heavy atom.